The zero-order chi connectivity index (χ0) is 14.0. The van der Waals surface area contributed by atoms with Gasteiger partial charge in [0.05, 0.1) is 11.5 Å². The average molecular weight is 283 g/mol. The quantitative estimate of drug-likeness (QED) is 0.837. The molecule has 1 aromatic rings. The molecule has 0 heterocycles. The second-order valence-electron chi connectivity index (χ2n) is 5.42. The Morgan fingerprint density at radius 2 is 2.11 bits per heavy atom. The van der Waals surface area contributed by atoms with Gasteiger partial charge in [0.2, 0.25) is 10.0 Å². The van der Waals surface area contributed by atoms with Crippen molar-refractivity contribution in [2.45, 2.75) is 38.2 Å². The second kappa shape index (κ2) is 5.61. The molecule has 1 aromatic carbocycles. The summed E-state index contributed by atoms with van der Waals surface area (Å²) in [5.41, 5.74) is 1.31. The number of aliphatic hydroxyl groups excluding tert-OH is 1. The van der Waals surface area contributed by atoms with E-state index >= 15 is 0 Å². The van der Waals surface area contributed by atoms with Gasteiger partial charge in [-0.15, -0.1) is 0 Å². The van der Waals surface area contributed by atoms with Gasteiger partial charge in [0.15, 0.2) is 0 Å². The molecule has 1 saturated carbocycles. The smallest absolute Gasteiger partial charge is 0.240 e. The van der Waals surface area contributed by atoms with Crippen LogP contribution in [0.15, 0.2) is 23.1 Å². The third-order valence-corrected chi connectivity index (χ3v) is 5.31. The molecule has 0 aliphatic heterocycles. The molecule has 1 aliphatic carbocycles. The molecule has 4 nitrogen and oxygen atoms in total. The lowest BCUT2D eigenvalue weighted by Crippen LogP contribution is -2.29. The molecule has 0 aromatic heterocycles. The van der Waals surface area contributed by atoms with E-state index in [-0.39, 0.29) is 11.5 Å². The first-order chi connectivity index (χ1) is 8.94. The van der Waals surface area contributed by atoms with Crippen LogP contribution in [0, 0.1) is 18.8 Å². The van der Waals surface area contributed by atoms with Crippen LogP contribution in [0.2, 0.25) is 0 Å². The minimum Gasteiger partial charge on any atom is -0.392 e. The first-order valence-electron chi connectivity index (χ1n) is 6.64. The molecule has 19 heavy (non-hydrogen) atoms. The number of sulfonamides is 1. The summed E-state index contributed by atoms with van der Waals surface area (Å²) in [5, 5.41) is 9.10. The average Bonchev–Trinajstić information content (AvgIpc) is 3.20. The summed E-state index contributed by atoms with van der Waals surface area (Å²) in [7, 11) is -3.49. The fraction of sp³-hybridized carbons (Fsp3) is 0.571. The van der Waals surface area contributed by atoms with Crippen LogP contribution in [0.1, 0.15) is 30.9 Å². The zero-order valence-electron chi connectivity index (χ0n) is 11.4. The summed E-state index contributed by atoms with van der Waals surface area (Å²) in [5.74, 6) is 1.06. The fourth-order valence-corrected chi connectivity index (χ4v) is 3.62. The van der Waals surface area contributed by atoms with Gasteiger partial charge in [-0.2, -0.15) is 0 Å². The first kappa shape index (κ1) is 14.5. The number of hydrogen-bond donors (Lipinski definition) is 2. The Kier molecular flexibility index (Phi) is 4.28. The van der Waals surface area contributed by atoms with Gasteiger partial charge in [0.25, 0.3) is 0 Å². The molecule has 1 unspecified atom stereocenters. The molecule has 1 aliphatic rings. The Morgan fingerprint density at radius 3 is 2.68 bits per heavy atom. The number of benzene rings is 1. The summed E-state index contributed by atoms with van der Waals surface area (Å²) in [6, 6.07) is 5.01. The highest BCUT2D eigenvalue weighted by molar-refractivity contribution is 7.89. The maximum absolute atomic E-state index is 12.3. The van der Waals surface area contributed by atoms with Crippen LogP contribution < -0.4 is 4.72 Å². The number of nitrogens with one attached hydrogen (secondary N) is 1. The molecular weight excluding hydrogens is 262 g/mol. The van der Waals surface area contributed by atoms with E-state index < -0.39 is 10.0 Å². The van der Waals surface area contributed by atoms with E-state index in [1.807, 2.05) is 0 Å². The van der Waals surface area contributed by atoms with E-state index in [1.165, 1.54) is 12.8 Å². The summed E-state index contributed by atoms with van der Waals surface area (Å²) in [4.78, 5) is 0.266. The van der Waals surface area contributed by atoms with Crippen molar-refractivity contribution in [3.05, 3.63) is 29.3 Å². The molecule has 2 rings (SSSR count). The van der Waals surface area contributed by atoms with E-state index in [0.717, 1.165) is 0 Å². The van der Waals surface area contributed by atoms with Crippen molar-refractivity contribution in [2.75, 3.05) is 6.54 Å². The number of hydrogen-bond acceptors (Lipinski definition) is 3. The van der Waals surface area contributed by atoms with Gasteiger partial charge in [0.1, 0.15) is 0 Å². The molecule has 0 spiro atoms. The Bertz CT molecular complexity index is 550. The molecule has 1 fully saturated rings. The molecular formula is C14H21NO3S. The predicted octanol–water partition coefficient (Wildman–Crippen LogP) is 1.81. The minimum absolute atomic E-state index is 0.152. The van der Waals surface area contributed by atoms with Crippen molar-refractivity contribution in [3.8, 4) is 0 Å². The number of aryl methyl sites for hydroxylation is 1. The third-order valence-electron chi connectivity index (χ3n) is 3.75. The van der Waals surface area contributed by atoms with Crippen molar-refractivity contribution < 1.29 is 13.5 Å². The highest BCUT2D eigenvalue weighted by Crippen LogP contribution is 2.36. The number of rotatable bonds is 6. The molecule has 0 amide bonds. The maximum Gasteiger partial charge on any atom is 0.240 e. The Hall–Kier alpha value is -0.910. The summed E-state index contributed by atoms with van der Waals surface area (Å²) >= 11 is 0. The van der Waals surface area contributed by atoms with Crippen molar-refractivity contribution in [1.29, 1.82) is 0 Å². The zero-order valence-corrected chi connectivity index (χ0v) is 12.2. The normalized spacial score (nSPS) is 17.4. The van der Waals surface area contributed by atoms with E-state index in [4.69, 9.17) is 5.11 Å². The van der Waals surface area contributed by atoms with Gasteiger partial charge in [-0.25, -0.2) is 13.1 Å². The molecule has 1 atom stereocenters. The highest BCUT2D eigenvalue weighted by atomic mass is 32.2. The van der Waals surface area contributed by atoms with Crippen LogP contribution >= 0.6 is 0 Å². The van der Waals surface area contributed by atoms with Gasteiger partial charge < -0.3 is 5.11 Å². The van der Waals surface area contributed by atoms with Crippen LogP contribution in [0.5, 0.6) is 0 Å². The van der Waals surface area contributed by atoms with Gasteiger partial charge in [-0.1, -0.05) is 19.1 Å². The Balaban J connectivity index is 2.13. The van der Waals surface area contributed by atoms with Crippen LogP contribution in [0.3, 0.4) is 0 Å². The van der Waals surface area contributed by atoms with Crippen LogP contribution in [0.25, 0.3) is 0 Å². The summed E-state index contributed by atoms with van der Waals surface area (Å²) in [6.07, 6.45) is 2.42. The van der Waals surface area contributed by atoms with Gasteiger partial charge in [0, 0.05) is 6.54 Å². The van der Waals surface area contributed by atoms with Crippen LogP contribution in [-0.4, -0.2) is 20.1 Å². The molecule has 5 heteroatoms. The summed E-state index contributed by atoms with van der Waals surface area (Å²) < 4.78 is 27.2. The summed E-state index contributed by atoms with van der Waals surface area (Å²) in [6.45, 7) is 4.17. The second-order valence-corrected chi connectivity index (χ2v) is 7.16. The van der Waals surface area contributed by atoms with Gasteiger partial charge in [-0.3, -0.25) is 0 Å². The van der Waals surface area contributed by atoms with E-state index in [9.17, 15) is 8.42 Å². The van der Waals surface area contributed by atoms with Gasteiger partial charge in [-0.05, 0) is 48.8 Å². The van der Waals surface area contributed by atoms with Gasteiger partial charge >= 0.3 is 0 Å². The maximum atomic E-state index is 12.3. The third kappa shape index (κ3) is 3.55. The molecule has 0 bridgehead atoms. The number of aliphatic hydroxyl groups is 1. The van der Waals surface area contributed by atoms with E-state index in [2.05, 4.69) is 11.6 Å². The first-order valence-corrected chi connectivity index (χ1v) is 8.12. The highest BCUT2D eigenvalue weighted by Gasteiger charge is 2.29. The minimum atomic E-state index is -3.49. The van der Waals surface area contributed by atoms with Crippen LogP contribution in [-0.2, 0) is 16.6 Å². The lowest BCUT2D eigenvalue weighted by molar-refractivity contribution is 0.281. The van der Waals surface area contributed by atoms with Crippen molar-refractivity contribution in [1.82, 2.24) is 4.72 Å². The molecule has 0 radical (unpaired) electrons. The lowest BCUT2D eigenvalue weighted by Gasteiger charge is -2.14. The Labute approximate surface area is 114 Å². The molecule has 2 N–H and O–H groups in total. The standard InChI is InChI=1S/C14H21NO3S/c1-10-3-4-12(9-16)7-14(10)19(17,18)15-8-11(2)13-5-6-13/h3-4,7,11,13,15-16H,5-6,8-9H2,1-2H3. The topological polar surface area (TPSA) is 66.4 Å². The lowest BCUT2D eigenvalue weighted by atomic mass is 10.1. The molecule has 106 valence electrons. The van der Waals surface area contributed by atoms with Crippen molar-refractivity contribution in [3.63, 3.8) is 0 Å². The van der Waals surface area contributed by atoms with Crippen LogP contribution in [0.4, 0.5) is 0 Å². The SMILES string of the molecule is Cc1ccc(CO)cc1S(=O)(=O)NCC(C)C1CC1. The van der Waals surface area contributed by atoms with Crippen molar-refractivity contribution in [2.24, 2.45) is 11.8 Å². The Morgan fingerprint density at radius 1 is 1.42 bits per heavy atom. The fourth-order valence-electron chi connectivity index (χ4n) is 2.18. The van der Waals surface area contributed by atoms with E-state index in [1.54, 1.807) is 25.1 Å². The molecule has 0 saturated heterocycles. The monoisotopic (exact) mass is 283 g/mol. The van der Waals surface area contributed by atoms with Crippen molar-refractivity contribution >= 4 is 10.0 Å². The van der Waals surface area contributed by atoms with E-state index in [0.29, 0.717) is 29.5 Å². The largest absolute Gasteiger partial charge is 0.392 e. The predicted molar refractivity (Wildman–Crippen MR) is 74.2 cm³/mol.